The molecule has 0 spiro atoms. The van der Waals surface area contributed by atoms with Crippen molar-refractivity contribution in [2.24, 2.45) is 0 Å². The van der Waals surface area contributed by atoms with Gasteiger partial charge in [0.2, 0.25) is 17.2 Å². The van der Waals surface area contributed by atoms with Gasteiger partial charge in [0.15, 0.2) is 0 Å². The van der Waals surface area contributed by atoms with Crippen molar-refractivity contribution in [2.75, 3.05) is 36.5 Å². The average Bonchev–Trinajstić information content (AvgIpc) is 2.37. The lowest BCUT2D eigenvalue weighted by atomic mass is 9.79. The third-order valence-electron chi connectivity index (χ3n) is 3.76. The first-order chi connectivity index (χ1) is 9.15. The number of aromatic nitrogens is 3. The smallest absolute Gasteiger partial charge is 0.231 e. The van der Waals surface area contributed by atoms with E-state index in [0.29, 0.717) is 25.1 Å². The van der Waals surface area contributed by atoms with E-state index in [4.69, 9.17) is 16.3 Å². The lowest BCUT2D eigenvalue weighted by Gasteiger charge is -2.39. The number of hydrogen-bond acceptors (Lipinski definition) is 6. The number of morpholine rings is 1. The van der Waals surface area contributed by atoms with Crippen molar-refractivity contribution in [2.45, 2.75) is 31.7 Å². The van der Waals surface area contributed by atoms with Crippen LogP contribution in [0.4, 0.5) is 11.9 Å². The van der Waals surface area contributed by atoms with E-state index < -0.39 is 0 Å². The van der Waals surface area contributed by atoms with Crippen LogP contribution in [0.25, 0.3) is 0 Å². The summed E-state index contributed by atoms with van der Waals surface area (Å²) in [6.07, 6.45) is 3.53. The number of halogens is 1. The molecule has 3 rings (SSSR count). The molecule has 0 bridgehead atoms. The van der Waals surface area contributed by atoms with Crippen LogP contribution < -0.4 is 10.2 Å². The summed E-state index contributed by atoms with van der Waals surface area (Å²) in [6.45, 7) is 5.16. The molecule has 2 aliphatic rings. The van der Waals surface area contributed by atoms with Crippen molar-refractivity contribution in [1.29, 1.82) is 0 Å². The van der Waals surface area contributed by atoms with Gasteiger partial charge in [0.05, 0.1) is 13.2 Å². The van der Waals surface area contributed by atoms with Crippen molar-refractivity contribution < 1.29 is 4.74 Å². The van der Waals surface area contributed by atoms with Gasteiger partial charge < -0.3 is 15.0 Å². The number of nitrogens with zero attached hydrogens (tertiary/aromatic N) is 4. The maximum absolute atomic E-state index is 6.00. The Morgan fingerprint density at radius 2 is 1.95 bits per heavy atom. The Morgan fingerprint density at radius 1 is 1.21 bits per heavy atom. The number of hydrogen-bond donors (Lipinski definition) is 1. The maximum atomic E-state index is 6.00. The van der Waals surface area contributed by atoms with Crippen LogP contribution in [0.3, 0.4) is 0 Å². The molecule has 104 valence electrons. The predicted octanol–water partition coefficient (Wildman–Crippen LogP) is 1.72. The van der Waals surface area contributed by atoms with Crippen molar-refractivity contribution in [3.8, 4) is 0 Å². The molecule has 0 amide bonds. The zero-order valence-electron chi connectivity index (χ0n) is 11.0. The van der Waals surface area contributed by atoms with Gasteiger partial charge >= 0.3 is 0 Å². The molecule has 6 nitrogen and oxygen atoms in total. The van der Waals surface area contributed by atoms with Gasteiger partial charge in [-0.15, -0.1) is 0 Å². The van der Waals surface area contributed by atoms with E-state index in [1.807, 2.05) is 0 Å². The van der Waals surface area contributed by atoms with Crippen molar-refractivity contribution in [3.63, 3.8) is 0 Å². The average molecular weight is 284 g/mol. The van der Waals surface area contributed by atoms with Crippen LogP contribution in [-0.4, -0.2) is 46.8 Å². The van der Waals surface area contributed by atoms with E-state index in [1.165, 1.54) is 6.42 Å². The molecule has 2 fully saturated rings. The Morgan fingerprint density at radius 3 is 2.58 bits per heavy atom. The molecule has 1 aromatic heterocycles. The number of anilines is 2. The SMILES string of the molecule is CC1(Nc2nc(Cl)nc(N3CCOCC3)n2)CCC1. The molecule has 0 atom stereocenters. The highest BCUT2D eigenvalue weighted by Gasteiger charge is 2.32. The number of rotatable bonds is 3. The normalized spacial score (nSPS) is 21.9. The fraction of sp³-hybridized carbons (Fsp3) is 0.750. The standard InChI is InChI=1S/C12H18ClN5O/c1-12(3-2-4-12)17-10-14-9(13)15-11(16-10)18-5-7-19-8-6-18/h2-8H2,1H3,(H,14,15,16,17). The minimum atomic E-state index is 0.104. The van der Waals surface area contributed by atoms with E-state index in [1.54, 1.807) is 0 Å². The molecule has 0 aromatic carbocycles. The zero-order chi connectivity index (χ0) is 13.3. The summed E-state index contributed by atoms with van der Waals surface area (Å²) in [5, 5.41) is 3.61. The Hall–Kier alpha value is -1.14. The summed E-state index contributed by atoms with van der Waals surface area (Å²) in [5.74, 6) is 1.21. The van der Waals surface area contributed by atoms with Crippen LogP contribution in [0.15, 0.2) is 0 Å². The highest BCUT2D eigenvalue weighted by molar-refractivity contribution is 6.28. The first-order valence-electron chi connectivity index (χ1n) is 6.67. The summed E-state index contributed by atoms with van der Waals surface area (Å²) in [6, 6.07) is 0. The highest BCUT2D eigenvalue weighted by Crippen LogP contribution is 2.34. The van der Waals surface area contributed by atoms with Gasteiger partial charge in [-0.3, -0.25) is 0 Å². The second-order valence-corrected chi connectivity index (χ2v) is 5.70. The Kier molecular flexibility index (Phi) is 3.45. The molecular weight excluding hydrogens is 266 g/mol. The van der Waals surface area contributed by atoms with Crippen LogP contribution in [0, 0.1) is 0 Å². The van der Waals surface area contributed by atoms with Crippen LogP contribution >= 0.6 is 11.6 Å². The molecule has 1 aromatic rings. The van der Waals surface area contributed by atoms with Gasteiger partial charge in [-0.05, 0) is 37.8 Å². The molecule has 0 unspecified atom stereocenters. The van der Waals surface area contributed by atoms with Gasteiger partial charge in [-0.2, -0.15) is 15.0 Å². The van der Waals surface area contributed by atoms with E-state index >= 15 is 0 Å². The van der Waals surface area contributed by atoms with Gasteiger partial charge in [-0.25, -0.2) is 0 Å². The second-order valence-electron chi connectivity index (χ2n) is 5.37. The molecule has 2 heterocycles. The Bertz CT molecular complexity index is 459. The zero-order valence-corrected chi connectivity index (χ0v) is 11.8. The van der Waals surface area contributed by atoms with Crippen LogP contribution in [0.1, 0.15) is 26.2 Å². The molecule has 7 heteroatoms. The van der Waals surface area contributed by atoms with Crippen molar-refractivity contribution >= 4 is 23.5 Å². The molecule has 0 radical (unpaired) electrons. The molecule has 19 heavy (non-hydrogen) atoms. The predicted molar refractivity (Wildman–Crippen MR) is 73.7 cm³/mol. The van der Waals surface area contributed by atoms with E-state index in [9.17, 15) is 0 Å². The van der Waals surface area contributed by atoms with Crippen molar-refractivity contribution in [1.82, 2.24) is 15.0 Å². The summed E-state index contributed by atoms with van der Waals surface area (Å²) >= 11 is 6.00. The minimum Gasteiger partial charge on any atom is -0.378 e. The fourth-order valence-electron chi connectivity index (χ4n) is 2.40. The highest BCUT2D eigenvalue weighted by atomic mass is 35.5. The summed E-state index contributed by atoms with van der Waals surface area (Å²) in [5.41, 5.74) is 0.104. The van der Waals surface area contributed by atoms with Crippen LogP contribution in [0.5, 0.6) is 0 Å². The lowest BCUT2D eigenvalue weighted by molar-refractivity contribution is 0.122. The van der Waals surface area contributed by atoms with E-state index in [0.717, 1.165) is 25.9 Å². The largest absolute Gasteiger partial charge is 0.378 e. The number of nitrogens with one attached hydrogen (secondary N) is 1. The lowest BCUT2D eigenvalue weighted by Crippen LogP contribution is -2.42. The summed E-state index contributed by atoms with van der Waals surface area (Å²) in [7, 11) is 0. The summed E-state index contributed by atoms with van der Waals surface area (Å²) < 4.78 is 5.33. The van der Waals surface area contributed by atoms with Gasteiger partial charge in [0.1, 0.15) is 0 Å². The quantitative estimate of drug-likeness (QED) is 0.911. The first-order valence-corrected chi connectivity index (χ1v) is 7.05. The molecule has 1 aliphatic carbocycles. The van der Waals surface area contributed by atoms with Crippen LogP contribution in [-0.2, 0) is 4.74 Å². The Labute approximate surface area is 117 Å². The molecule has 1 saturated heterocycles. The van der Waals surface area contributed by atoms with E-state index in [-0.39, 0.29) is 10.8 Å². The third-order valence-corrected chi connectivity index (χ3v) is 3.93. The summed E-state index contributed by atoms with van der Waals surface area (Å²) in [4.78, 5) is 14.9. The van der Waals surface area contributed by atoms with Gasteiger partial charge in [0, 0.05) is 18.6 Å². The molecule has 1 aliphatic heterocycles. The topological polar surface area (TPSA) is 63.2 Å². The minimum absolute atomic E-state index is 0.104. The fourth-order valence-corrected chi connectivity index (χ4v) is 2.56. The van der Waals surface area contributed by atoms with E-state index in [2.05, 4.69) is 32.1 Å². The molecule has 1 N–H and O–H groups in total. The molecular formula is C12H18ClN5O. The van der Waals surface area contributed by atoms with Crippen LogP contribution in [0.2, 0.25) is 5.28 Å². The molecule has 1 saturated carbocycles. The third kappa shape index (κ3) is 2.90. The Balaban J connectivity index is 1.78. The van der Waals surface area contributed by atoms with Gasteiger partial charge in [0.25, 0.3) is 0 Å². The van der Waals surface area contributed by atoms with Crippen molar-refractivity contribution in [3.05, 3.63) is 5.28 Å². The maximum Gasteiger partial charge on any atom is 0.231 e. The van der Waals surface area contributed by atoms with Gasteiger partial charge in [-0.1, -0.05) is 0 Å². The second kappa shape index (κ2) is 5.09. The monoisotopic (exact) mass is 283 g/mol. The number of ether oxygens (including phenoxy) is 1. The first kappa shape index (κ1) is 12.9.